The van der Waals surface area contributed by atoms with E-state index in [-0.39, 0.29) is 12.1 Å². The lowest BCUT2D eigenvalue weighted by atomic mass is 10.2. The third kappa shape index (κ3) is 3.09. The number of aromatic nitrogens is 4. The first-order chi connectivity index (χ1) is 11.8. The first-order valence-corrected chi connectivity index (χ1v) is 8.76. The number of hydrogen-bond donors (Lipinski definition) is 1. The van der Waals surface area contributed by atoms with Gasteiger partial charge in [-0.1, -0.05) is 6.07 Å². The molecule has 1 saturated heterocycles. The lowest BCUT2D eigenvalue weighted by Gasteiger charge is -2.25. The van der Waals surface area contributed by atoms with Gasteiger partial charge in [0.1, 0.15) is 11.0 Å². The van der Waals surface area contributed by atoms with E-state index < -0.39 is 0 Å². The molecule has 1 unspecified atom stereocenters. The van der Waals surface area contributed by atoms with Gasteiger partial charge in [0, 0.05) is 25.5 Å². The number of fused-ring (bicyclic) bond motifs is 1. The maximum Gasteiger partial charge on any atom is 0.317 e. The van der Waals surface area contributed by atoms with Crippen LogP contribution in [0.1, 0.15) is 18.4 Å². The molecule has 1 atom stereocenters. The van der Waals surface area contributed by atoms with E-state index in [1.807, 2.05) is 40.0 Å². The number of amides is 2. The quantitative estimate of drug-likeness (QED) is 0.789. The second kappa shape index (κ2) is 6.56. The first kappa shape index (κ1) is 15.1. The van der Waals surface area contributed by atoms with Crippen LogP contribution in [0.3, 0.4) is 0 Å². The molecule has 0 spiro atoms. The smallest absolute Gasteiger partial charge is 0.317 e. The highest BCUT2D eigenvalue weighted by molar-refractivity contribution is 7.00. The van der Waals surface area contributed by atoms with Crippen molar-refractivity contribution in [2.75, 3.05) is 6.54 Å². The molecule has 7 nitrogen and oxygen atoms in total. The van der Waals surface area contributed by atoms with Gasteiger partial charge in [0.25, 0.3) is 0 Å². The largest absolute Gasteiger partial charge is 0.334 e. The molecule has 2 amide bonds. The van der Waals surface area contributed by atoms with Crippen LogP contribution in [0, 0.1) is 0 Å². The van der Waals surface area contributed by atoms with Gasteiger partial charge in [0.15, 0.2) is 0 Å². The van der Waals surface area contributed by atoms with E-state index in [9.17, 15) is 4.79 Å². The molecular weight excluding hydrogens is 324 g/mol. The van der Waals surface area contributed by atoms with E-state index in [2.05, 4.69) is 19.2 Å². The van der Waals surface area contributed by atoms with Crippen LogP contribution in [0.15, 0.2) is 36.7 Å². The molecule has 1 N–H and O–H groups in total. The summed E-state index contributed by atoms with van der Waals surface area (Å²) in [5.41, 5.74) is 2.81. The minimum atomic E-state index is -0.0128. The number of benzene rings is 1. The van der Waals surface area contributed by atoms with Crippen LogP contribution in [-0.2, 0) is 13.1 Å². The van der Waals surface area contributed by atoms with Gasteiger partial charge < -0.3 is 10.2 Å². The van der Waals surface area contributed by atoms with Crippen molar-refractivity contribution in [3.63, 3.8) is 0 Å². The summed E-state index contributed by atoms with van der Waals surface area (Å²) in [7, 11) is 0. The molecule has 1 fully saturated rings. The molecule has 3 heterocycles. The van der Waals surface area contributed by atoms with Crippen molar-refractivity contribution in [3.05, 3.63) is 42.2 Å². The van der Waals surface area contributed by atoms with Gasteiger partial charge in [0.05, 0.1) is 24.3 Å². The SMILES string of the molecule is O=C(NCc1ccc2nsnc2c1)N1CCCC1Cn1cccn1. The van der Waals surface area contributed by atoms with E-state index in [0.717, 1.165) is 42.5 Å². The Morgan fingerprint density at radius 3 is 3.12 bits per heavy atom. The van der Waals surface area contributed by atoms with Crippen molar-refractivity contribution in [1.82, 2.24) is 28.7 Å². The molecule has 2 aromatic heterocycles. The van der Waals surface area contributed by atoms with Crippen LogP contribution < -0.4 is 5.32 Å². The van der Waals surface area contributed by atoms with Gasteiger partial charge in [0.2, 0.25) is 0 Å². The maximum absolute atomic E-state index is 12.5. The number of carbonyl (C=O) groups excluding carboxylic acids is 1. The van der Waals surface area contributed by atoms with Gasteiger partial charge in [-0.15, -0.1) is 0 Å². The first-order valence-electron chi connectivity index (χ1n) is 8.03. The summed E-state index contributed by atoms with van der Waals surface area (Å²) in [5.74, 6) is 0. The Hall–Kier alpha value is -2.48. The summed E-state index contributed by atoms with van der Waals surface area (Å²) in [6.07, 6.45) is 5.76. The molecule has 0 bridgehead atoms. The topological polar surface area (TPSA) is 75.9 Å². The molecular formula is C16H18N6OS. The second-order valence-corrected chi connectivity index (χ2v) is 6.49. The predicted octanol–water partition coefficient (Wildman–Crippen LogP) is 2.26. The van der Waals surface area contributed by atoms with Gasteiger partial charge >= 0.3 is 6.03 Å². The Labute approximate surface area is 143 Å². The average Bonchev–Trinajstić information content (AvgIpc) is 3.34. The van der Waals surface area contributed by atoms with Crippen LogP contribution in [0.25, 0.3) is 11.0 Å². The predicted molar refractivity (Wildman–Crippen MR) is 91.6 cm³/mol. The van der Waals surface area contributed by atoms with Crippen molar-refractivity contribution < 1.29 is 4.79 Å². The van der Waals surface area contributed by atoms with Crippen molar-refractivity contribution in [2.24, 2.45) is 0 Å². The number of likely N-dealkylation sites (tertiary alicyclic amines) is 1. The number of urea groups is 1. The van der Waals surface area contributed by atoms with Crippen molar-refractivity contribution in [3.8, 4) is 0 Å². The number of hydrogen-bond acceptors (Lipinski definition) is 5. The molecule has 124 valence electrons. The second-order valence-electron chi connectivity index (χ2n) is 5.96. The minimum absolute atomic E-state index is 0.0128. The summed E-state index contributed by atoms with van der Waals surface area (Å²) in [6, 6.07) is 8.00. The van der Waals surface area contributed by atoms with Gasteiger partial charge in [-0.3, -0.25) is 4.68 Å². The summed E-state index contributed by atoms with van der Waals surface area (Å²) in [6.45, 7) is 2.04. The standard InChI is InChI=1S/C16H18N6OS/c23-16(17-10-12-4-5-14-15(9-12)20-24-19-14)22-8-1-3-13(22)11-21-7-2-6-18-21/h2,4-7,9,13H,1,3,8,10-11H2,(H,17,23). The zero-order valence-electron chi connectivity index (χ0n) is 13.1. The van der Waals surface area contributed by atoms with Crippen molar-refractivity contribution in [1.29, 1.82) is 0 Å². The zero-order valence-corrected chi connectivity index (χ0v) is 13.9. The lowest BCUT2D eigenvalue weighted by Crippen LogP contribution is -2.44. The third-order valence-corrected chi connectivity index (χ3v) is 4.91. The third-order valence-electron chi connectivity index (χ3n) is 4.36. The Kier molecular flexibility index (Phi) is 4.12. The zero-order chi connectivity index (χ0) is 16.4. The van der Waals surface area contributed by atoms with Crippen LogP contribution in [0.5, 0.6) is 0 Å². The molecule has 24 heavy (non-hydrogen) atoms. The maximum atomic E-state index is 12.5. The van der Waals surface area contributed by atoms with Crippen LogP contribution in [-0.4, -0.2) is 42.0 Å². The van der Waals surface area contributed by atoms with E-state index in [0.29, 0.717) is 6.54 Å². The highest BCUT2D eigenvalue weighted by Gasteiger charge is 2.28. The fourth-order valence-electron chi connectivity index (χ4n) is 3.13. The van der Waals surface area contributed by atoms with Gasteiger partial charge in [-0.25, -0.2) is 4.79 Å². The van der Waals surface area contributed by atoms with Crippen LogP contribution in [0.2, 0.25) is 0 Å². The van der Waals surface area contributed by atoms with Crippen LogP contribution >= 0.6 is 11.7 Å². The fourth-order valence-corrected chi connectivity index (χ4v) is 3.65. The Balaban J connectivity index is 1.37. The van der Waals surface area contributed by atoms with E-state index in [1.165, 1.54) is 11.7 Å². The summed E-state index contributed by atoms with van der Waals surface area (Å²) in [5, 5.41) is 7.26. The Bertz CT molecular complexity index is 830. The number of rotatable bonds is 4. The Morgan fingerprint density at radius 2 is 2.25 bits per heavy atom. The van der Waals surface area contributed by atoms with Crippen molar-refractivity contribution >= 4 is 28.8 Å². The molecule has 0 saturated carbocycles. The minimum Gasteiger partial charge on any atom is -0.334 e. The lowest BCUT2D eigenvalue weighted by molar-refractivity contribution is 0.185. The van der Waals surface area contributed by atoms with E-state index in [1.54, 1.807) is 6.20 Å². The fraction of sp³-hybridized carbons (Fsp3) is 0.375. The number of carbonyl (C=O) groups is 1. The molecule has 1 aromatic carbocycles. The Morgan fingerprint density at radius 1 is 1.33 bits per heavy atom. The normalized spacial score (nSPS) is 17.5. The van der Waals surface area contributed by atoms with Crippen LogP contribution in [0.4, 0.5) is 4.79 Å². The van der Waals surface area contributed by atoms with E-state index >= 15 is 0 Å². The summed E-state index contributed by atoms with van der Waals surface area (Å²) >= 11 is 1.20. The number of nitrogens with one attached hydrogen (secondary N) is 1. The molecule has 0 aliphatic carbocycles. The van der Waals surface area contributed by atoms with Gasteiger partial charge in [-0.2, -0.15) is 13.8 Å². The molecule has 1 aliphatic heterocycles. The molecule has 8 heteroatoms. The van der Waals surface area contributed by atoms with Crippen molar-refractivity contribution in [2.45, 2.75) is 32.0 Å². The molecule has 4 rings (SSSR count). The highest BCUT2D eigenvalue weighted by Crippen LogP contribution is 2.19. The monoisotopic (exact) mass is 342 g/mol. The molecule has 1 aliphatic rings. The average molecular weight is 342 g/mol. The van der Waals surface area contributed by atoms with E-state index in [4.69, 9.17) is 0 Å². The number of nitrogens with zero attached hydrogens (tertiary/aromatic N) is 5. The molecule has 0 radical (unpaired) electrons. The van der Waals surface area contributed by atoms with Gasteiger partial charge in [-0.05, 0) is 36.6 Å². The summed E-state index contributed by atoms with van der Waals surface area (Å²) in [4.78, 5) is 14.5. The highest BCUT2D eigenvalue weighted by atomic mass is 32.1. The molecule has 3 aromatic rings. The summed E-state index contributed by atoms with van der Waals surface area (Å²) < 4.78 is 10.3.